The van der Waals surface area contributed by atoms with Crippen LogP contribution in [0.4, 0.5) is 5.69 Å². The molecule has 0 radical (unpaired) electrons. The number of anilines is 1. The monoisotopic (exact) mass is 422 g/mol. The van der Waals surface area contributed by atoms with Gasteiger partial charge in [-0.05, 0) is 43.9 Å². The lowest BCUT2D eigenvalue weighted by Crippen LogP contribution is -2.44. The summed E-state index contributed by atoms with van der Waals surface area (Å²) in [4.78, 5) is 38.3. The van der Waals surface area contributed by atoms with Crippen LogP contribution in [0.5, 0.6) is 5.75 Å². The minimum absolute atomic E-state index is 0.391. The summed E-state index contributed by atoms with van der Waals surface area (Å²) >= 11 is 0. The number of aryl methyl sites for hydroxylation is 1. The first-order valence-corrected chi connectivity index (χ1v) is 10.9. The molecule has 6 heteroatoms. The first-order valence-electron chi connectivity index (χ1n) is 10.9. The molecule has 0 spiro atoms. The van der Waals surface area contributed by atoms with Gasteiger partial charge in [0, 0.05) is 11.8 Å². The minimum Gasteiger partial charge on any atom is -0.494 e. The zero-order valence-corrected chi connectivity index (χ0v) is 18.1. The molecule has 1 aliphatic rings. The Morgan fingerprint density at radius 3 is 2.61 bits per heavy atom. The summed E-state index contributed by atoms with van der Waals surface area (Å²) in [6.07, 6.45) is 4.24. The van der Waals surface area contributed by atoms with Gasteiger partial charge in [-0.15, -0.1) is 0 Å². The third-order valence-corrected chi connectivity index (χ3v) is 5.60. The molecule has 2 atom stereocenters. The Labute approximate surface area is 183 Å². The molecule has 2 amide bonds. The van der Waals surface area contributed by atoms with Crippen LogP contribution in [-0.2, 0) is 20.8 Å². The highest BCUT2D eigenvalue weighted by Crippen LogP contribution is 2.27. The van der Waals surface area contributed by atoms with E-state index in [9.17, 15) is 14.4 Å². The standard InChI is InChI=1S/C25H30N2O4/c1-3-4-8-16-31-20-13-9-12-19(17-20)26-23(29)21-22(28)25(2,27-24(21)30)15-14-18-10-6-5-7-11-18/h5-7,9-13,17,21H,3-4,8,14-16H2,1-2H3,(H,26,29)(H,27,30). The molecular formula is C25H30N2O4. The molecule has 1 heterocycles. The molecule has 0 aromatic heterocycles. The number of ketones is 1. The van der Waals surface area contributed by atoms with E-state index < -0.39 is 29.1 Å². The van der Waals surface area contributed by atoms with E-state index in [0.717, 1.165) is 24.8 Å². The highest BCUT2D eigenvalue weighted by Gasteiger charge is 2.52. The number of nitrogens with one attached hydrogen (secondary N) is 2. The van der Waals surface area contributed by atoms with Crippen molar-refractivity contribution in [2.75, 3.05) is 11.9 Å². The van der Waals surface area contributed by atoms with Crippen molar-refractivity contribution < 1.29 is 19.1 Å². The van der Waals surface area contributed by atoms with Crippen LogP contribution in [0.1, 0.15) is 45.1 Å². The topological polar surface area (TPSA) is 84.5 Å². The van der Waals surface area contributed by atoms with E-state index in [-0.39, 0.29) is 0 Å². The Morgan fingerprint density at radius 1 is 1.10 bits per heavy atom. The van der Waals surface area contributed by atoms with Gasteiger partial charge < -0.3 is 15.4 Å². The average molecular weight is 423 g/mol. The van der Waals surface area contributed by atoms with E-state index in [4.69, 9.17) is 4.74 Å². The highest BCUT2D eigenvalue weighted by atomic mass is 16.5. The van der Waals surface area contributed by atoms with Crippen molar-refractivity contribution in [1.82, 2.24) is 5.32 Å². The molecule has 0 saturated carbocycles. The second-order valence-electron chi connectivity index (χ2n) is 8.18. The maximum Gasteiger partial charge on any atom is 0.244 e. The van der Waals surface area contributed by atoms with Crippen molar-refractivity contribution in [2.45, 2.75) is 51.5 Å². The van der Waals surface area contributed by atoms with E-state index >= 15 is 0 Å². The molecule has 2 unspecified atom stereocenters. The van der Waals surface area contributed by atoms with Gasteiger partial charge in [0.1, 0.15) is 5.75 Å². The van der Waals surface area contributed by atoms with Gasteiger partial charge in [-0.2, -0.15) is 0 Å². The van der Waals surface area contributed by atoms with Crippen LogP contribution in [-0.4, -0.2) is 29.7 Å². The fourth-order valence-electron chi connectivity index (χ4n) is 3.73. The quantitative estimate of drug-likeness (QED) is 0.449. The highest BCUT2D eigenvalue weighted by molar-refractivity contribution is 6.27. The largest absolute Gasteiger partial charge is 0.494 e. The lowest BCUT2D eigenvalue weighted by molar-refractivity contribution is -0.135. The van der Waals surface area contributed by atoms with Crippen molar-refractivity contribution in [3.05, 3.63) is 60.2 Å². The van der Waals surface area contributed by atoms with Gasteiger partial charge in [0.05, 0.1) is 12.1 Å². The maximum atomic E-state index is 13.0. The maximum absolute atomic E-state index is 13.0. The Balaban J connectivity index is 1.61. The fraction of sp³-hybridized carbons (Fsp3) is 0.400. The van der Waals surface area contributed by atoms with E-state index in [2.05, 4.69) is 17.6 Å². The second-order valence-corrected chi connectivity index (χ2v) is 8.18. The molecule has 0 bridgehead atoms. The molecular weight excluding hydrogens is 392 g/mol. The summed E-state index contributed by atoms with van der Waals surface area (Å²) in [5.41, 5.74) is 0.519. The zero-order chi connectivity index (χ0) is 22.3. The number of hydrogen-bond donors (Lipinski definition) is 2. The Kier molecular flexibility index (Phi) is 7.45. The van der Waals surface area contributed by atoms with Crippen LogP contribution in [0.3, 0.4) is 0 Å². The van der Waals surface area contributed by atoms with Gasteiger partial charge in [0.15, 0.2) is 11.7 Å². The number of benzene rings is 2. The Bertz CT molecular complexity index is 928. The number of ether oxygens (including phenoxy) is 1. The number of rotatable bonds is 10. The van der Waals surface area contributed by atoms with Crippen molar-refractivity contribution in [3.63, 3.8) is 0 Å². The zero-order valence-electron chi connectivity index (χ0n) is 18.1. The van der Waals surface area contributed by atoms with Gasteiger partial charge in [-0.25, -0.2) is 0 Å². The van der Waals surface area contributed by atoms with E-state index in [1.54, 1.807) is 25.1 Å². The van der Waals surface area contributed by atoms with Crippen LogP contribution in [0.25, 0.3) is 0 Å². The number of Topliss-reactive ketones (excluding diaryl/α,β-unsaturated/α-hetero) is 1. The summed E-state index contributed by atoms with van der Waals surface area (Å²) < 4.78 is 5.71. The lowest BCUT2D eigenvalue weighted by atomic mass is 9.87. The third-order valence-electron chi connectivity index (χ3n) is 5.60. The van der Waals surface area contributed by atoms with Crippen LogP contribution in [0.2, 0.25) is 0 Å². The second kappa shape index (κ2) is 10.2. The third kappa shape index (κ3) is 5.72. The minimum atomic E-state index is -1.35. The number of carbonyl (C=O) groups excluding carboxylic acids is 3. The normalized spacial score (nSPS) is 20.4. The van der Waals surface area contributed by atoms with Crippen LogP contribution >= 0.6 is 0 Å². The first-order chi connectivity index (χ1) is 14.9. The molecule has 2 aromatic carbocycles. The molecule has 31 heavy (non-hydrogen) atoms. The van der Waals surface area contributed by atoms with Crippen LogP contribution < -0.4 is 15.4 Å². The van der Waals surface area contributed by atoms with Crippen molar-refractivity contribution >= 4 is 23.3 Å². The van der Waals surface area contributed by atoms with Crippen molar-refractivity contribution in [3.8, 4) is 5.75 Å². The molecule has 6 nitrogen and oxygen atoms in total. The molecule has 3 rings (SSSR count). The SMILES string of the molecule is CCCCCOc1cccc(NC(=O)C2C(=O)NC(C)(CCc3ccccc3)C2=O)c1. The van der Waals surface area contributed by atoms with Crippen molar-refractivity contribution in [2.24, 2.45) is 5.92 Å². The van der Waals surface area contributed by atoms with Crippen LogP contribution in [0, 0.1) is 5.92 Å². The Hall–Kier alpha value is -3.15. The molecule has 164 valence electrons. The number of carbonyl (C=O) groups is 3. The smallest absolute Gasteiger partial charge is 0.244 e. The summed E-state index contributed by atoms with van der Waals surface area (Å²) in [5, 5.41) is 5.44. The van der Waals surface area contributed by atoms with Gasteiger partial charge >= 0.3 is 0 Å². The average Bonchev–Trinajstić information content (AvgIpc) is 2.99. The van der Waals surface area contributed by atoms with Gasteiger partial charge in [0.2, 0.25) is 11.8 Å². The molecule has 0 aliphatic carbocycles. The van der Waals surface area contributed by atoms with Crippen LogP contribution in [0.15, 0.2) is 54.6 Å². The summed E-state index contributed by atoms with van der Waals surface area (Å²) in [7, 11) is 0. The lowest BCUT2D eigenvalue weighted by Gasteiger charge is -2.22. The summed E-state index contributed by atoms with van der Waals surface area (Å²) in [6.45, 7) is 4.42. The number of hydrogen-bond acceptors (Lipinski definition) is 4. The first kappa shape index (κ1) is 22.5. The fourth-order valence-corrected chi connectivity index (χ4v) is 3.73. The van der Waals surface area contributed by atoms with Gasteiger partial charge in [-0.1, -0.05) is 56.2 Å². The van der Waals surface area contributed by atoms with E-state index in [0.29, 0.717) is 30.9 Å². The summed E-state index contributed by atoms with van der Waals surface area (Å²) in [5.74, 6) is -2.27. The Morgan fingerprint density at radius 2 is 1.87 bits per heavy atom. The predicted octanol–water partition coefficient (Wildman–Crippen LogP) is 3.90. The van der Waals surface area contributed by atoms with E-state index in [1.165, 1.54) is 0 Å². The number of amides is 2. The predicted molar refractivity (Wildman–Crippen MR) is 120 cm³/mol. The van der Waals surface area contributed by atoms with E-state index in [1.807, 2.05) is 36.4 Å². The summed E-state index contributed by atoms with van der Waals surface area (Å²) in [6, 6.07) is 16.8. The van der Waals surface area contributed by atoms with Gasteiger partial charge in [-0.3, -0.25) is 14.4 Å². The molecule has 2 aromatic rings. The van der Waals surface area contributed by atoms with Gasteiger partial charge in [0.25, 0.3) is 0 Å². The molecule has 2 N–H and O–H groups in total. The molecule has 1 fully saturated rings. The molecule has 1 saturated heterocycles. The van der Waals surface area contributed by atoms with Crippen molar-refractivity contribution in [1.29, 1.82) is 0 Å². The molecule has 1 aliphatic heterocycles. The number of unbranched alkanes of at least 4 members (excludes halogenated alkanes) is 2.